The van der Waals surface area contributed by atoms with Gasteiger partial charge in [0, 0.05) is 29.7 Å². The largest absolute Gasteiger partial charge is 0.490 e. The first kappa shape index (κ1) is 20.3. The number of ether oxygens (including phenoxy) is 1. The molecule has 2 heterocycles. The minimum Gasteiger partial charge on any atom is -0.490 e. The van der Waals surface area contributed by atoms with Crippen molar-refractivity contribution in [2.24, 2.45) is 0 Å². The van der Waals surface area contributed by atoms with Crippen molar-refractivity contribution in [3.63, 3.8) is 0 Å². The number of para-hydroxylation sites is 1. The third-order valence-electron chi connectivity index (χ3n) is 6.07. The van der Waals surface area contributed by atoms with Crippen molar-refractivity contribution in [2.75, 3.05) is 25.5 Å². The molecule has 1 aliphatic rings. The van der Waals surface area contributed by atoms with Gasteiger partial charge in [-0.25, -0.2) is 0 Å². The second-order valence-corrected chi connectivity index (χ2v) is 8.45. The van der Waals surface area contributed by atoms with Crippen LogP contribution in [0.5, 0.6) is 5.75 Å². The molecule has 32 heavy (non-hydrogen) atoms. The van der Waals surface area contributed by atoms with Crippen LogP contribution in [0.15, 0.2) is 78.9 Å². The summed E-state index contributed by atoms with van der Waals surface area (Å²) < 4.78 is 6.14. The van der Waals surface area contributed by atoms with Crippen molar-refractivity contribution in [1.82, 2.24) is 9.88 Å². The Balaban J connectivity index is 1.21. The van der Waals surface area contributed by atoms with Crippen LogP contribution in [-0.4, -0.2) is 42.0 Å². The number of rotatable bonds is 5. The standard InChI is InChI=1S/C27H27N3O2/c1-30-16-14-24(15-17-30)32-23-12-8-20(9-13-23)19-6-10-22(11-7-19)28-27(31)26-18-21-4-2-3-5-25(21)29-26/h2-13,18,24,29H,14-17H2,1H3,(H,28,31). The van der Waals surface area contributed by atoms with E-state index in [4.69, 9.17) is 4.74 Å². The molecular formula is C27H27N3O2. The fourth-order valence-corrected chi connectivity index (χ4v) is 4.16. The first-order chi connectivity index (χ1) is 15.6. The average molecular weight is 426 g/mol. The second kappa shape index (κ2) is 8.89. The van der Waals surface area contributed by atoms with E-state index in [-0.39, 0.29) is 5.91 Å². The monoisotopic (exact) mass is 425 g/mol. The number of amides is 1. The van der Waals surface area contributed by atoms with Crippen LogP contribution in [-0.2, 0) is 0 Å². The van der Waals surface area contributed by atoms with Crippen molar-refractivity contribution < 1.29 is 9.53 Å². The summed E-state index contributed by atoms with van der Waals surface area (Å²) in [6.45, 7) is 2.18. The maximum Gasteiger partial charge on any atom is 0.272 e. The van der Waals surface area contributed by atoms with Crippen LogP contribution in [0, 0.1) is 0 Å². The maximum absolute atomic E-state index is 12.6. The fraction of sp³-hybridized carbons (Fsp3) is 0.222. The van der Waals surface area contributed by atoms with Crippen molar-refractivity contribution in [3.05, 3.63) is 84.6 Å². The topological polar surface area (TPSA) is 57.4 Å². The highest BCUT2D eigenvalue weighted by atomic mass is 16.5. The van der Waals surface area contributed by atoms with Crippen molar-refractivity contribution in [1.29, 1.82) is 0 Å². The Hall–Kier alpha value is -3.57. The number of nitrogens with zero attached hydrogens (tertiary/aromatic N) is 1. The number of aromatic nitrogens is 1. The van der Waals surface area contributed by atoms with E-state index in [0.717, 1.165) is 59.4 Å². The number of fused-ring (bicyclic) bond motifs is 1. The molecule has 4 aromatic rings. The fourth-order valence-electron chi connectivity index (χ4n) is 4.16. The Labute approximate surface area is 188 Å². The lowest BCUT2D eigenvalue weighted by Crippen LogP contribution is -2.35. The van der Waals surface area contributed by atoms with Crippen LogP contribution < -0.4 is 10.1 Å². The third-order valence-corrected chi connectivity index (χ3v) is 6.07. The predicted molar refractivity (Wildman–Crippen MR) is 129 cm³/mol. The minimum atomic E-state index is -0.149. The smallest absolute Gasteiger partial charge is 0.272 e. The number of H-pyrrole nitrogens is 1. The van der Waals surface area contributed by atoms with Crippen molar-refractivity contribution in [3.8, 4) is 16.9 Å². The molecule has 0 radical (unpaired) electrons. The molecule has 3 aromatic carbocycles. The lowest BCUT2D eigenvalue weighted by Gasteiger charge is -2.29. The Bertz CT molecular complexity index is 1170. The lowest BCUT2D eigenvalue weighted by atomic mass is 10.0. The average Bonchev–Trinajstić information content (AvgIpc) is 3.26. The molecule has 5 rings (SSSR count). The van der Waals surface area contributed by atoms with E-state index in [0.29, 0.717) is 11.8 Å². The van der Waals surface area contributed by atoms with Gasteiger partial charge >= 0.3 is 0 Å². The molecule has 1 aliphatic heterocycles. The highest BCUT2D eigenvalue weighted by Gasteiger charge is 2.18. The van der Waals surface area contributed by atoms with Crippen LogP contribution in [0.1, 0.15) is 23.3 Å². The number of benzene rings is 3. The molecule has 2 N–H and O–H groups in total. The van der Waals surface area contributed by atoms with Gasteiger partial charge < -0.3 is 19.9 Å². The number of nitrogens with one attached hydrogen (secondary N) is 2. The number of hydrogen-bond acceptors (Lipinski definition) is 3. The van der Waals surface area contributed by atoms with Crippen LogP contribution in [0.3, 0.4) is 0 Å². The van der Waals surface area contributed by atoms with E-state index in [9.17, 15) is 4.79 Å². The molecule has 1 amide bonds. The number of anilines is 1. The zero-order valence-corrected chi connectivity index (χ0v) is 18.2. The molecular weight excluding hydrogens is 398 g/mol. The molecule has 0 saturated carbocycles. The van der Waals surface area contributed by atoms with E-state index >= 15 is 0 Å². The van der Waals surface area contributed by atoms with Gasteiger partial charge in [-0.2, -0.15) is 0 Å². The van der Waals surface area contributed by atoms with E-state index in [1.165, 1.54) is 0 Å². The number of carbonyl (C=O) groups excluding carboxylic acids is 1. The van der Waals surface area contributed by atoms with Gasteiger partial charge in [-0.1, -0.05) is 42.5 Å². The quantitative estimate of drug-likeness (QED) is 0.440. The number of aromatic amines is 1. The zero-order chi connectivity index (χ0) is 21.9. The number of piperidine rings is 1. The van der Waals surface area contributed by atoms with Crippen LogP contribution in [0.25, 0.3) is 22.0 Å². The van der Waals surface area contributed by atoms with Gasteiger partial charge in [0.15, 0.2) is 0 Å². The van der Waals surface area contributed by atoms with Crippen molar-refractivity contribution >= 4 is 22.5 Å². The van der Waals surface area contributed by atoms with E-state index in [1.807, 2.05) is 66.7 Å². The van der Waals surface area contributed by atoms with Gasteiger partial charge in [0.05, 0.1) is 0 Å². The summed E-state index contributed by atoms with van der Waals surface area (Å²) in [6, 6.07) is 25.9. The van der Waals surface area contributed by atoms with E-state index in [2.05, 4.69) is 34.4 Å². The molecule has 0 aliphatic carbocycles. The van der Waals surface area contributed by atoms with Crippen LogP contribution in [0.2, 0.25) is 0 Å². The first-order valence-electron chi connectivity index (χ1n) is 11.1. The van der Waals surface area contributed by atoms with Gasteiger partial charge in [0.2, 0.25) is 0 Å². The number of carbonyl (C=O) groups is 1. The van der Waals surface area contributed by atoms with Crippen LogP contribution >= 0.6 is 0 Å². The van der Waals surface area contributed by atoms with Gasteiger partial charge in [-0.3, -0.25) is 4.79 Å². The predicted octanol–water partition coefficient (Wildman–Crippen LogP) is 5.56. The minimum absolute atomic E-state index is 0.149. The van der Waals surface area contributed by atoms with Gasteiger partial charge in [0.1, 0.15) is 17.5 Å². The van der Waals surface area contributed by atoms with Gasteiger partial charge in [-0.15, -0.1) is 0 Å². The summed E-state index contributed by atoms with van der Waals surface area (Å²) in [6.07, 6.45) is 2.45. The maximum atomic E-state index is 12.6. The van der Waals surface area contributed by atoms with Crippen LogP contribution in [0.4, 0.5) is 5.69 Å². The molecule has 0 bridgehead atoms. The molecule has 1 saturated heterocycles. The summed E-state index contributed by atoms with van der Waals surface area (Å²) >= 11 is 0. The number of hydrogen-bond donors (Lipinski definition) is 2. The Kier molecular flexibility index (Phi) is 5.65. The van der Waals surface area contributed by atoms with E-state index < -0.39 is 0 Å². The molecule has 5 heteroatoms. The van der Waals surface area contributed by atoms with Gasteiger partial charge in [-0.05, 0) is 67.4 Å². The Morgan fingerprint density at radius 1 is 0.938 bits per heavy atom. The summed E-state index contributed by atoms with van der Waals surface area (Å²) in [5, 5.41) is 3.99. The second-order valence-electron chi connectivity index (χ2n) is 8.45. The molecule has 0 atom stereocenters. The zero-order valence-electron chi connectivity index (χ0n) is 18.2. The summed E-state index contributed by atoms with van der Waals surface area (Å²) in [7, 11) is 2.16. The molecule has 0 spiro atoms. The molecule has 162 valence electrons. The molecule has 5 nitrogen and oxygen atoms in total. The normalized spacial score (nSPS) is 15.0. The SMILES string of the molecule is CN1CCC(Oc2ccc(-c3ccc(NC(=O)c4cc5ccccc5[nH]4)cc3)cc2)CC1. The molecule has 1 fully saturated rings. The summed E-state index contributed by atoms with van der Waals surface area (Å²) in [4.78, 5) is 18.1. The highest BCUT2D eigenvalue weighted by molar-refractivity contribution is 6.06. The van der Waals surface area contributed by atoms with Gasteiger partial charge in [0.25, 0.3) is 5.91 Å². The Morgan fingerprint density at radius 2 is 1.59 bits per heavy atom. The summed E-state index contributed by atoms with van der Waals surface area (Å²) in [5.74, 6) is 0.773. The molecule has 0 unspecified atom stereocenters. The lowest BCUT2D eigenvalue weighted by molar-refractivity contribution is 0.102. The number of likely N-dealkylation sites (tertiary alicyclic amines) is 1. The Morgan fingerprint density at radius 3 is 2.28 bits per heavy atom. The summed E-state index contributed by atoms with van der Waals surface area (Å²) in [5.41, 5.74) is 4.49. The van der Waals surface area contributed by atoms with E-state index in [1.54, 1.807) is 0 Å². The highest BCUT2D eigenvalue weighted by Crippen LogP contribution is 2.26. The molecule has 1 aromatic heterocycles. The van der Waals surface area contributed by atoms with Crippen molar-refractivity contribution in [2.45, 2.75) is 18.9 Å². The first-order valence-corrected chi connectivity index (χ1v) is 11.1. The third kappa shape index (κ3) is 4.53.